The van der Waals surface area contributed by atoms with Gasteiger partial charge >= 0.3 is 0 Å². The summed E-state index contributed by atoms with van der Waals surface area (Å²) in [6, 6.07) is 7.71. The number of imide groups is 1. The quantitative estimate of drug-likeness (QED) is 0.727. The first-order valence-corrected chi connectivity index (χ1v) is 7.24. The van der Waals surface area contributed by atoms with Crippen molar-refractivity contribution in [3.8, 4) is 0 Å². The number of rotatable bonds is 0. The minimum Gasteiger partial charge on any atom is -0.369 e. The Labute approximate surface area is 117 Å². The van der Waals surface area contributed by atoms with Crippen LogP contribution in [0.2, 0.25) is 0 Å². The average molecular weight is 271 g/mol. The van der Waals surface area contributed by atoms with Gasteiger partial charge in [-0.25, -0.2) is 0 Å². The summed E-state index contributed by atoms with van der Waals surface area (Å²) in [5, 5.41) is 0. The van der Waals surface area contributed by atoms with Crippen molar-refractivity contribution < 1.29 is 14.3 Å². The molecule has 4 nitrogen and oxygen atoms in total. The normalized spacial score (nSPS) is 34.6. The van der Waals surface area contributed by atoms with Gasteiger partial charge in [-0.1, -0.05) is 18.2 Å². The summed E-state index contributed by atoms with van der Waals surface area (Å²) in [7, 11) is 0. The van der Waals surface area contributed by atoms with Crippen LogP contribution in [0.3, 0.4) is 0 Å². The van der Waals surface area contributed by atoms with E-state index in [-0.39, 0.29) is 17.7 Å². The van der Waals surface area contributed by atoms with E-state index in [9.17, 15) is 9.59 Å². The molecule has 2 fully saturated rings. The van der Waals surface area contributed by atoms with E-state index in [0.717, 1.165) is 24.8 Å². The minimum atomic E-state index is -0.460. The first-order valence-electron chi connectivity index (χ1n) is 7.24. The molecule has 0 radical (unpaired) electrons. The fourth-order valence-electron chi connectivity index (χ4n) is 4.25. The van der Waals surface area contributed by atoms with Crippen molar-refractivity contribution in [2.75, 3.05) is 11.5 Å². The van der Waals surface area contributed by atoms with Crippen molar-refractivity contribution in [2.45, 2.75) is 31.8 Å². The number of para-hydroxylation sites is 1. The van der Waals surface area contributed by atoms with Crippen molar-refractivity contribution in [2.24, 2.45) is 11.8 Å². The lowest BCUT2D eigenvalue weighted by Gasteiger charge is -2.60. The molecule has 0 unspecified atom stereocenters. The summed E-state index contributed by atoms with van der Waals surface area (Å²) in [5.41, 5.74) is 1.28. The fraction of sp³-hybridized carbons (Fsp3) is 0.500. The second-order valence-electron chi connectivity index (χ2n) is 5.98. The lowest BCUT2D eigenvalue weighted by molar-refractivity contribution is -0.226. The Kier molecular flexibility index (Phi) is 2.37. The zero-order chi connectivity index (χ0) is 13.9. The monoisotopic (exact) mass is 271 g/mol. The van der Waals surface area contributed by atoms with Crippen LogP contribution in [0.25, 0.3) is 0 Å². The Balaban J connectivity index is 1.93. The summed E-state index contributed by atoms with van der Waals surface area (Å²) in [6.45, 7) is 2.15. The van der Waals surface area contributed by atoms with Crippen molar-refractivity contribution in [3.63, 3.8) is 0 Å². The van der Waals surface area contributed by atoms with Gasteiger partial charge < -0.3 is 4.74 Å². The first kappa shape index (κ1) is 12.1. The predicted molar refractivity (Wildman–Crippen MR) is 73.1 cm³/mol. The molecule has 1 aliphatic carbocycles. The zero-order valence-electron chi connectivity index (χ0n) is 11.5. The zero-order valence-corrected chi connectivity index (χ0v) is 11.5. The summed E-state index contributed by atoms with van der Waals surface area (Å²) < 4.78 is 6.13. The number of benzene rings is 1. The van der Waals surface area contributed by atoms with Crippen molar-refractivity contribution in [3.05, 3.63) is 29.8 Å². The SMILES string of the molecule is CC(=O)N1C(=O)[C@H]2C[C@@H]3CCCO[C@@]32c2ccccc21. The highest BCUT2D eigenvalue weighted by molar-refractivity contribution is 6.17. The number of anilines is 1. The Morgan fingerprint density at radius 2 is 2.20 bits per heavy atom. The van der Waals surface area contributed by atoms with Crippen LogP contribution >= 0.6 is 0 Å². The molecule has 2 amide bonds. The van der Waals surface area contributed by atoms with Crippen LogP contribution in [0.5, 0.6) is 0 Å². The third-order valence-corrected chi connectivity index (χ3v) is 5.08. The molecule has 1 aromatic rings. The van der Waals surface area contributed by atoms with Crippen LogP contribution < -0.4 is 4.90 Å². The lowest BCUT2D eigenvalue weighted by atomic mass is 9.53. The smallest absolute Gasteiger partial charge is 0.240 e. The van der Waals surface area contributed by atoms with Gasteiger partial charge in [-0.3, -0.25) is 14.5 Å². The van der Waals surface area contributed by atoms with E-state index in [1.807, 2.05) is 24.3 Å². The molecule has 20 heavy (non-hydrogen) atoms. The number of carbonyl (C=O) groups excluding carboxylic acids is 2. The summed E-state index contributed by atoms with van der Waals surface area (Å²) in [4.78, 5) is 25.9. The number of ether oxygens (including phenoxy) is 1. The van der Waals surface area contributed by atoms with Crippen molar-refractivity contribution in [1.82, 2.24) is 0 Å². The molecule has 1 spiro atoms. The minimum absolute atomic E-state index is 0.0886. The van der Waals surface area contributed by atoms with Gasteiger partial charge in [-0.05, 0) is 31.2 Å². The van der Waals surface area contributed by atoms with E-state index >= 15 is 0 Å². The molecule has 3 aliphatic rings. The number of amides is 2. The van der Waals surface area contributed by atoms with E-state index in [0.29, 0.717) is 18.2 Å². The number of nitrogens with zero attached hydrogens (tertiary/aromatic N) is 1. The van der Waals surface area contributed by atoms with Crippen molar-refractivity contribution in [1.29, 1.82) is 0 Å². The Hall–Kier alpha value is -1.68. The number of hydrogen-bond acceptors (Lipinski definition) is 3. The highest BCUT2D eigenvalue weighted by Crippen LogP contribution is 2.62. The maximum Gasteiger partial charge on any atom is 0.240 e. The number of fused-ring (bicyclic) bond motifs is 1. The molecule has 0 N–H and O–H groups in total. The Morgan fingerprint density at radius 3 is 2.95 bits per heavy atom. The molecule has 2 aliphatic heterocycles. The van der Waals surface area contributed by atoms with Crippen LogP contribution in [-0.2, 0) is 19.9 Å². The second kappa shape index (κ2) is 3.92. The number of hydrogen-bond donors (Lipinski definition) is 0. The van der Waals surface area contributed by atoms with Crippen LogP contribution in [0.1, 0.15) is 31.7 Å². The molecule has 0 aromatic heterocycles. The number of carbonyl (C=O) groups is 2. The molecule has 1 aromatic carbocycles. The molecule has 4 rings (SSSR count). The van der Waals surface area contributed by atoms with Crippen LogP contribution in [-0.4, -0.2) is 18.4 Å². The van der Waals surface area contributed by atoms with Crippen LogP contribution in [0, 0.1) is 11.8 Å². The van der Waals surface area contributed by atoms with Gasteiger partial charge in [0.05, 0.1) is 11.6 Å². The van der Waals surface area contributed by atoms with Gasteiger partial charge in [0.1, 0.15) is 5.60 Å². The van der Waals surface area contributed by atoms with Gasteiger partial charge in [0.25, 0.3) is 0 Å². The second-order valence-corrected chi connectivity index (χ2v) is 5.98. The van der Waals surface area contributed by atoms with Gasteiger partial charge in [0.15, 0.2) is 0 Å². The predicted octanol–water partition coefficient (Wildman–Crippen LogP) is 2.22. The van der Waals surface area contributed by atoms with Gasteiger partial charge in [0.2, 0.25) is 11.8 Å². The van der Waals surface area contributed by atoms with E-state index < -0.39 is 5.60 Å². The molecule has 0 bridgehead atoms. The Bertz CT molecular complexity index is 611. The standard InChI is InChI=1S/C16H17NO3/c1-10(18)17-14-7-3-2-6-12(14)16-11(5-4-8-20-16)9-13(16)15(17)19/h2-3,6-7,11,13H,4-5,8-9H2,1H3/t11-,13+,16+/m0/s1. The molecular weight excluding hydrogens is 254 g/mol. The topological polar surface area (TPSA) is 46.6 Å². The molecular formula is C16H17NO3. The van der Waals surface area contributed by atoms with E-state index in [4.69, 9.17) is 4.74 Å². The molecule has 4 heteroatoms. The maximum absolute atomic E-state index is 12.7. The first-order chi connectivity index (χ1) is 9.66. The highest BCUT2D eigenvalue weighted by Gasteiger charge is 2.65. The molecule has 2 heterocycles. The maximum atomic E-state index is 12.7. The Morgan fingerprint density at radius 1 is 1.40 bits per heavy atom. The molecule has 104 valence electrons. The van der Waals surface area contributed by atoms with E-state index in [1.165, 1.54) is 11.8 Å². The fourth-order valence-corrected chi connectivity index (χ4v) is 4.25. The third-order valence-electron chi connectivity index (χ3n) is 5.08. The average Bonchev–Trinajstić information content (AvgIpc) is 2.40. The third kappa shape index (κ3) is 1.25. The van der Waals surface area contributed by atoms with Gasteiger partial charge in [0, 0.05) is 19.1 Å². The summed E-state index contributed by atoms with van der Waals surface area (Å²) in [5.74, 6) is -0.0713. The van der Waals surface area contributed by atoms with Gasteiger partial charge in [-0.2, -0.15) is 0 Å². The molecule has 1 saturated heterocycles. The lowest BCUT2D eigenvalue weighted by Crippen LogP contribution is -2.66. The largest absolute Gasteiger partial charge is 0.369 e. The summed E-state index contributed by atoms with van der Waals surface area (Å²) >= 11 is 0. The molecule has 3 atom stereocenters. The van der Waals surface area contributed by atoms with Crippen LogP contribution in [0.15, 0.2) is 24.3 Å². The van der Waals surface area contributed by atoms with Gasteiger partial charge in [-0.15, -0.1) is 0 Å². The molecule has 1 saturated carbocycles. The summed E-state index contributed by atoms with van der Waals surface area (Å²) in [6.07, 6.45) is 3.01. The van der Waals surface area contributed by atoms with Crippen molar-refractivity contribution >= 4 is 17.5 Å². The van der Waals surface area contributed by atoms with E-state index in [1.54, 1.807) is 0 Å². The van der Waals surface area contributed by atoms with Crippen LogP contribution in [0.4, 0.5) is 5.69 Å². The van der Waals surface area contributed by atoms with E-state index in [2.05, 4.69) is 0 Å². The highest BCUT2D eigenvalue weighted by atomic mass is 16.5.